The van der Waals surface area contributed by atoms with Gasteiger partial charge in [-0.25, -0.2) is 0 Å². The van der Waals surface area contributed by atoms with Gasteiger partial charge < -0.3 is 20.1 Å². The predicted octanol–water partition coefficient (Wildman–Crippen LogP) is 3.89. The van der Waals surface area contributed by atoms with Crippen molar-refractivity contribution in [3.8, 4) is 5.75 Å². The lowest BCUT2D eigenvalue weighted by molar-refractivity contribution is -0.124. The van der Waals surface area contributed by atoms with Gasteiger partial charge in [-0.2, -0.15) is 0 Å². The van der Waals surface area contributed by atoms with Gasteiger partial charge in [-0.1, -0.05) is 6.07 Å². The van der Waals surface area contributed by atoms with Crippen LogP contribution in [0.3, 0.4) is 0 Å². The second kappa shape index (κ2) is 8.40. The van der Waals surface area contributed by atoms with Crippen LogP contribution in [0.1, 0.15) is 69.4 Å². The fourth-order valence-corrected chi connectivity index (χ4v) is 7.18. The molecule has 2 saturated heterocycles. The highest BCUT2D eigenvalue weighted by Gasteiger charge is 2.57. The molecule has 1 aromatic carbocycles. The number of nitrogens with zero attached hydrogens (tertiary/aromatic N) is 1. The lowest BCUT2D eigenvalue weighted by Gasteiger charge is -2.49. The second-order valence-electron chi connectivity index (χ2n) is 10.6. The molecule has 1 saturated carbocycles. The molecule has 4 aliphatic rings. The first-order chi connectivity index (χ1) is 15.0. The van der Waals surface area contributed by atoms with Gasteiger partial charge in [0.25, 0.3) is 0 Å². The van der Waals surface area contributed by atoms with Gasteiger partial charge in [-0.15, -0.1) is 0 Å². The molecule has 2 N–H and O–H groups in total. The molecule has 31 heavy (non-hydrogen) atoms. The van der Waals surface area contributed by atoms with Crippen LogP contribution in [0, 0.1) is 17.8 Å². The first kappa shape index (κ1) is 21.3. The number of rotatable bonds is 6. The number of benzene rings is 1. The molecule has 0 bridgehead atoms. The van der Waals surface area contributed by atoms with Crippen molar-refractivity contribution in [2.75, 3.05) is 26.3 Å². The number of nitrogens with two attached hydrogens (primary N) is 1. The monoisotopic (exact) mass is 426 g/mol. The highest BCUT2D eigenvalue weighted by atomic mass is 16.5. The number of amides is 1. The van der Waals surface area contributed by atoms with Gasteiger partial charge in [-0.3, -0.25) is 4.79 Å². The van der Waals surface area contributed by atoms with Crippen LogP contribution in [0.4, 0.5) is 0 Å². The maximum atomic E-state index is 12.1. The Labute approximate surface area is 186 Å². The molecule has 0 aromatic heterocycles. The first-order valence-electron chi connectivity index (χ1n) is 12.4. The van der Waals surface area contributed by atoms with E-state index in [1.54, 1.807) is 0 Å². The normalized spacial score (nSPS) is 37.2. The molecular formula is C26H38N2O3. The van der Waals surface area contributed by atoms with Crippen LogP contribution >= 0.6 is 0 Å². The van der Waals surface area contributed by atoms with Crippen LogP contribution in [0.15, 0.2) is 18.2 Å². The number of likely N-dealkylation sites (tertiary alicyclic amines) is 1. The van der Waals surface area contributed by atoms with Crippen molar-refractivity contribution in [1.82, 2.24) is 4.90 Å². The Bertz CT molecular complexity index is 827. The van der Waals surface area contributed by atoms with E-state index in [-0.39, 0.29) is 23.3 Å². The lowest BCUT2D eigenvalue weighted by Crippen LogP contribution is -2.48. The van der Waals surface area contributed by atoms with Gasteiger partial charge in [0.15, 0.2) is 0 Å². The van der Waals surface area contributed by atoms with E-state index in [9.17, 15) is 4.79 Å². The fraction of sp³-hybridized carbons (Fsp3) is 0.731. The summed E-state index contributed by atoms with van der Waals surface area (Å²) in [6.45, 7) is 8.19. The minimum atomic E-state index is -0.188. The van der Waals surface area contributed by atoms with Crippen molar-refractivity contribution in [1.29, 1.82) is 0 Å². The summed E-state index contributed by atoms with van der Waals surface area (Å²) in [5.41, 5.74) is 8.48. The molecule has 0 spiro atoms. The molecule has 0 radical (unpaired) electrons. The quantitative estimate of drug-likeness (QED) is 0.701. The van der Waals surface area contributed by atoms with Crippen molar-refractivity contribution >= 4 is 5.91 Å². The average molecular weight is 427 g/mol. The van der Waals surface area contributed by atoms with E-state index in [4.69, 9.17) is 15.2 Å². The summed E-state index contributed by atoms with van der Waals surface area (Å²) in [7, 11) is 0. The molecule has 5 rings (SSSR count). The van der Waals surface area contributed by atoms with Gasteiger partial charge in [0.05, 0.1) is 24.7 Å². The second-order valence-corrected chi connectivity index (χ2v) is 10.6. The SMILES string of the molecule is C[C@@H]1CCCN1CCCOc1ccc2c(c1)CC[C@H]1[C@@H]3[C@@H](C(N)=O)CO[C@@]3(C)CC[C@H]21. The van der Waals surface area contributed by atoms with Crippen LogP contribution in [0.25, 0.3) is 0 Å². The smallest absolute Gasteiger partial charge is 0.223 e. The van der Waals surface area contributed by atoms with E-state index in [0.29, 0.717) is 18.4 Å². The van der Waals surface area contributed by atoms with Crippen molar-refractivity contribution in [3.05, 3.63) is 29.3 Å². The third-order valence-corrected chi connectivity index (χ3v) is 8.84. The standard InChI is InChI=1S/C26H38N2O3/c1-17-5-3-12-28(17)13-4-14-30-19-7-9-20-18(15-19)6-8-22-21(20)10-11-26(2)24(22)23(16-31-26)25(27)29/h7,9,15,17,21-24H,3-6,8,10-14,16H2,1-2H3,(H2,27,29)/t17-,21-,22-,23+,24-,26+/m1/s1. The van der Waals surface area contributed by atoms with Gasteiger partial charge in [0, 0.05) is 18.5 Å². The number of fused-ring (bicyclic) bond motifs is 5. The number of hydrogen-bond acceptors (Lipinski definition) is 4. The van der Waals surface area contributed by atoms with Crippen LogP contribution < -0.4 is 10.5 Å². The summed E-state index contributed by atoms with van der Waals surface area (Å²) < 4.78 is 12.3. The molecule has 1 amide bonds. The molecule has 2 aliphatic heterocycles. The topological polar surface area (TPSA) is 64.8 Å². The van der Waals surface area contributed by atoms with E-state index in [1.807, 2.05) is 0 Å². The van der Waals surface area contributed by atoms with Gasteiger partial charge in [0.1, 0.15) is 5.75 Å². The molecule has 2 aliphatic carbocycles. The van der Waals surface area contributed by atoms with Crippen molar-refractivity contribution < 1.29 is 14.3 Å². The van der Waals surface area contributed by atoms with Crippen LogP contribution in [-0.2, 0) is 16.0 Å². The van der Waals surface area contributed by atoms with Crippen LogP contribution in [0.5, 0.6) is 5.75 Å². The largest absolute Gasteiger partial charge is 0.494 e. The van der Waals surface area contributed by atoms with E-state index >= 15 is 0 Å². The zero-order chi connectivity index (χ0) is 21.6. The minimum absolute atomic E-state index is 0.139. The predicted molar refractivity (Wildman–Crippen MR) is 121 cm³/mol. The Hall–Kier alpha value is -1.59. The molecular weight excluding hydrogens is 388 g/mol. The Morgan fingerprint density at radius 3 is 2.97 bits per heavy atom. The summed E-state index contributed by atoms with van der Waals surface area (Å²) in [4.78, 5) is 14.7. The summed E-state index contributed by atoms with van der Waals surface area (Å²) >= 11 is 0. The maximum absolute atomic E-state index is 12.1. The molecule has 0 unspecified atom stereocenters. The zero-order valence-electron chi connectivity index (χ0n) is 19.1. The van der Waals surface area contributed by atoms with Crippen LogP contribution in [-0.4, -0.2) is 48.8 Å². The third kappa shape index (κ3) is 3.89. The number of carbonyl (C=O) groups is 1. The van der Waals surface area contributed by atoms with Crippen molar-refractivity contribution in [2.24, 2.45) is 23.5 Å². The summed E-state index contributed by atoms with van der Waals surface area (Å²) in [6, 6.07) is 7.45. The molecule has 1 aromatic rings. The molecule has 6 atom stereocenters. The summed E-state index contributed by atoms with van der Waals surface area (Å²) in [5, 5.41) is 0. The van der Waals surface area contributed by atoms with Crippen LogP contribution in [0.2, 0.25) is 0 Å². The zero-order valence-corrected chi connectivity index (χ0v) is 19.1. The summed E-state index contributed by atoms with van der Waals surface area (Å²) in [5.74, 6) is 1.93. The number of primary amides is 1. The molecule has 5 heteroatoms. The number of carbonyl (C=O) groups excluding carboxylic acids is 1. The Morgan fingerprint density at radius 1 is 1.32 bits per heavy atom. The van der Waals surface area contributed by atoms with E-state index in [0.717, 1.165) is 57.0 Å². The lowest BCUT2D eigenvalue weighted by atomic mass is 9.56. The molecule has 2 heterocycles. The number of aryl methyl sites for hydroxylation is 1. The van der Waals surface area contributed by atoms with Crippen molar-refractivity contribution in [3.63, 3.8) is 0 Å². The number of hydrogen-bond donors (Lipinski definition) is 1. The van der Waals surface area contributed by atoms with Gasteiger partial charge in [-0.05, 0) is 100 Å². The van der Waals surface area contributed by atoms with E-state index < -0.39 is 0 Å². The maximum Gasteiger partial charge on any atom is 0.223 e. The Kier molecular flexibility index (Phi) is 5.76. The summed E-state index contributed by atoms with van der Waals surface area (Å²) in [6.07, 6.45) is 8.06. The minimum Gasteiger partial charge on any atom is -0.494 e. The van der Waals surface area contributed by atoms with Crippen molar-refractivity contribution in [2.45, 2.75) is 76.4 Å². The Balaban J connectivity index is 1.24. The average Bonchev–Trinajstić information content (AvgIpc) is 3.33. The first-order valence-corrected chi connectivity index (χ1v) is 12.4. The highest BCUT2D eigenvalue weighted by Crippen LogP contribution is 2.57. The number of ether oxygens (including phenoxy) is 2. The molecule has 3 fully saturated rings. The molecule has 5 nitrogen and oxygen atoms in total. The highest BCUT2D eigenvalue weighted by molar-refractivity contribution is 5.77. The van der Waals surface area contributed by atoms with Gasteiger partial charge in [0.2, 0.25) is 5.91 Å². The Morgan fingerprint density at radius 2 is 2.19 bits per heavy atom. The van der Waals surface area contributed by atoms with E-state index in [1.165, 1.54) is 30.5 Å². The fourth-order valence-electron chi connectivity index (χ4n) is 7.18. The molecule has 170 valence electrons. The van der Waals surface area contributed by atoms with E-state index in [2.05, 4.69) is 36.9 Å². The van der Waals surface area contributed by atoms with Gasteiger partial charge >= 0.3 is 0 Å². The third-order valence-electron chi connectivity index (χ3n) is 8.84.